The first-order chi connectivity index (χ1) is 5.65. The first-order valence-electron chi connectivity index (χ1n) is 3.33. The highest BCUT2D eigenvalue weighted by atomic mass is 16.5. The molecule has 0 aliphatic carbocycles. The number of amides is 1. The van der Waals surface area contributed by atoms with Gasteiger partial charge in [-0.3, -0.25) is 4.79 Å². The molecule has 1 aromatic heterocycles. The summed E-state index contributed by atoms with van der Waals surface area (Å²) < 4.78 is 4.88. The van der Waals surface area contributed by atoms with Crippen molar-refractivity contribution in [1.29, 1.82) is 0 Å². The summed E-state index contributed by atoms with van der Waals surface area (Å²) in [6.07, 6.45) is 0. The summed E-state index contributed by atoms with van der Waals surface area (Å²) in [6.45, 7) is 1.75. The van der Waals surface area contributed by atoms with Gasteiger partial charge in [0.25, 0.3) is 5.91 Å². The molecule has 0 fully saturated rings. The molecular weight excluding hydrogens is 158 g/mol. The smallest absolute Gasteiger partial charge is 0.273 e. The lowest BCUT2D eigenvalue weighted by Crippen LogP contribution is -2.15. The zero-order chi connectivity index (χ0) is 9.14. The van der Waals surface area contributed by atoms with Crippen LogP contribution in [0, 0.1) is 6.92 Å². The number of nitrogens with zero attached hydrogens (tertiary/aromatic N) is 2. The predicted octanol–water partition coefficient (Wildman–Crippen LogP) is -0.107. The van der Waals surface area contributed by atoms with Crippen molar-refractivity contribution in [2.75, 3.05) is 7.11 Å². The number of hydrogen-bond donors (Lipinski definition) is 1. The van der Waals surface area contributed by atoms with E-state index < -0.39 is 5.91 Å². The lowest BCUT2D eigenvalue weighted by Gasteiger charge is -2.02. The molecule has 5 nitrogen and oxygen atoms in total. The SMILES string of the molecule is COc1cc(C)nnc1C(N)=O. The van der Waals surface area contributed by atoms with Crippen molar-refractivity contribution in [3.8, 4) is 5.75 Å². The number of aryl methyl sites for hydroxylation is 1. The minimum absolute atomic E-state index is 0.0584. The molecule has 0 spiro atoms. The van der Waals surface area contributed by atoms with Crippen molar-refractivity contribution in [1.82, 2.24) is 10.2 Å². The molecule has 1 heterocycles. The number of carbonyl (C=O) groups is 1. The van der Waals surface area contributed by atoms with Crippen molar-refractivity contribution < 1.29 is 9.53 Å². The molecule has 1 rings (SSSR count). The van der Waals surface area contributed by atoms with Crippen LogP contribution in [0.2, 0.25) is 0 Å². The van der Waals surface area contributed by atoms with E-state index in [9.17, 15) is 4.79 Å². The van der Waals surface area contributed by atoms with Gasteiger partial charge in [-0.15, -0.1) is 5.10 Å². The van der Waals surface area contributed by atoms with Gasteiger partial charge in [0.2, 0.25) is 0 Å². The van der Waals surface area contributed by atoms with Crippen molar-refractivity contribution in [2.24, 2.45) is 5.73 Å². The molecule has 0 radical (unpaired) electrons. The summed E-state index contributed by atoms with van der Waals surface area (Å²) in [5.74, 6) is -0.283. The maximum absolute atomic E-state index is 10.7. The van der Waals surface area contributed by atoms with Crippen LogP contribution in [-0.4, -0.2) is 23.2 Å². The van der Waals surface area contributed by atoms with Crippen LogP contribution in [0.25, 0.3) is 0 Å². The van der Waals surface area contributed by atoms with Gasteiger partial charge in [0.05, 0.1) is 12.8 Å². The normalized spacial score (nSPS) is 9.50. The second-order valence-corrected chi connectivity index (χ2v) is 2.27. The molecule has 0 saturated heterocycles. The minimum Gasteiger partial charge on any atom is -0.494 e. The third-order valence-electron chi connectivity index (χ3n) is 1.33. The van der Waals surface area contributed by atoms with Crippen LogP contribution in [0.15, 0.2) is 6.07 Å². The van der Waals surface area contributed by atoms with Gasteiger partial charge in [-0.25, -0.2) is 0 Å². The number of hydrogen-bond acceptors (Lipinski definition) is 4. The number of nitrogens with two attached hydrogens (primary N) is 1. The van der Waals surface area contributed by atoms with Gasteiger partial charge in [0.15, 0.2) is 11.4 Å². The molecule has 0 bridgehead atoms. The topological polar surface area (TPSA) is 78.1 Å². The molecule has 1 amide bonds. The average Bonchev–Trinajstić information content (AvgIpc) is 2.03. The highest BCUT2D eigenvalue weighted by molar-refractivity contribution is 5.93. The Labute approximate surface area is 69.5 Å². The van der Waals surface area contributed by atoms with Crippen LogP contribution >= 0.6 is 0 Å². The Kier molecular flexibility index (Phi) is 2.23. The number of methoxy groups -OCH3 is 1. The van der Waals surface area contributed by atoms with Crippen molar-refractivity contribution in [3.63, 3.8) is 0 Å². The van der Waals surface area contributed by atoms with E-state index in [0.29, 0.717) is 11.4 Å². The summed E-state index contributed by atoms with van der Waals surface area (Å²) in [7, 11) is 1.45. The molecule has 64 valence electrons. The Morgan fingerprint density at radius 2 is 2.25 bits per heavy atom. The Balaban J connectivity index is 3.20. The molecule has 2 N–H and O–H groups in total. The molecule has 0 unspecified atom stereocenters. The number of primary amides is 1. The molecule has 1 aromatic rings. The molecule has 5 heteroatoms. The summed E-state index contributed by atoms with van der Waals surface area (Å²) >= 11 is 0. The Bertz CT molecular complexity index is 312. The second-order valence-electron chi connectivity index (χ2n) is 2.27. The van der Waals surface area contributed by atoms with Gasteiger partial charge in [-0.2, -0.15) is 5.10 Å². The minimum atomic E-state index is -0.639. The van der Waals surface area contributed by atoms with Gasteiger partial charge in [0.1, 0.15) is 0 Å². The fourth-order valence-electron chi connectivity index (χ4n) is 0.791. The summed E-state index contributed by atoms with van der Waals surface area (Å²) in [5.41, 5.74) is 5.75. The first-order valence-corrected chi connectivity index (χ1v) is 3.33. The van der Waals surface area contributed by atoms with Gasteiger partial charge in [-0.1, -0.05) is 0 Å². The van der Waals surface area contributed by atoms with E-state index in [-0.39, 0.29) is 5.69 Å². The fraction of sp³-hybridized carbons (Fsp3) is 0.286. The Hall–Kier alpha value is -1.65. The second kappa shape index (κ2) is 3.17. The monoisotopic (exact) mass is 167 g/mol. The maximum atomic E-state index is 10.7. The first kappa shape index (κ1) is 8.45. The molecular formula is C7H9N3O2. The highest BCUT2D eigenvalue weighted by Gasteiger charge is 2.10. The van der Waals surface area contributed by atoms with Gasteiger partial charge in [0, 0.05) is 6.07 Å². The zero-order valence-electron chi connectivity index (χ0n) is 6.87. The quantitative estimate of drug-likeness (QED) is 0.666. The van der Waals surface area contributed by atoms with Crippen LogP contribution < -0.4 is 10.5 Å². The van der Waals surface area contributed by atoms with E-state index >= 15 is 0 Å². The van der Waals surface area contributed by atoms with Gasteiger partial charge >= 0.3 is 0 Å². The van der Waals surface area contributed by atoms with Crippen molar-refractivity contribution in [2.45, 2.75) is 6.92 Å². The third-order valence-corrected chi connectivity index (χ3v) is 1.33. The van der Waals surface area contributed by atoms with E-state index in [2.05, 4.69) is 10.2 Å². The van der Waals surface area contributed by atoms with E-state index in [1.165, 1.54) is 7.11 Å². The van der Waals surface area contributed by atoms with Crippen molar-refractivity contribution >= 4 is 5.91 Å². The van der Waals surface area contributed by atoms with Crippen LogP contribution in [0.5, 0.6) is 5.75 Å². The predicted molar refractivity (Wildman–Crippen MR) is 41.8 cm³/mol. The Morgan fingerprint density at radius 1 is 1.58 bits per heavy atom. The highest BCUT2D eigenvalue weighted by Crippen LogP contribution is 2.14. The molecule has 0 aliphatic rings. The number of ether oxygens (including phenoxy) is 1. The molecule has 0 aliphatic heterocycles. The molecule has 0 atom stereocenters. The van der Waals surface area contributed by atoms with Crippen molar-refractivity contribution in [3.05, 3.63) is 17.5 Å². The maximum Gasteiger partial charge on any atom is 0.273 e. The fourth-order valence-corrected chi connectivity index (χ4v) is 0.791. The summed E-state index contributed by atoms with van der Waals surface area (Å²) in [5, 5.41) is 7.28. The standard InChI is InChI=1S/C7H9N3O2/c1-4-3-5(12-2)6(7(8)11)10-9-4/h3H,1-2H3,(H2,8,11). The summed E-state index contributed by atoms with van der Waals surface area (Å²) in [4.78, 5) is 10.7. The molecule has 12 heavy (non-hydrogen) atoms. The lowest BCUT2D eigenvalue weighted by molar-refractivity contribution is 0.0991. The van der Waals surface area contributed by atoms with Gasteiger partial charge < -0.3 is 10.5 Å². The Morgan fingerprint density at radius 3 is 2.75 bits per heavy atom. The van der Waals surface area contributed by atoms with E-state index in [4.69, 9.17) is 10.5 Å². The number of rotatable bonds is 2. The average molecular weight is 167 g/mol. The lowest BCUT2D eigenvalue weighted by atomic mass is 10.3. The van der Waals surface area contributed by atoms with Crippen LogP contribution in [-0.2, 0) is 0 Å². The van der Waals surface area contributed by atoms with E-state index in [1.54, 1.807) is 13.0 Å². The van der Waals surface area contributed by atoms with Gasteiger partial charge in [-0.05, 0) is 6.92 Å². The van der Waals surface area contributed by atoms with E-state index in [0.717, 1.165) is 0 Å². The largest absolute Gasteiger partial charge is 0.494 e. The third kappa shape index (κ3) is 1.50. The molecule has 0 saturated carbocycles. The van der Waals surface area contributed by atoms with E-state index in [1.807, 2.05) is 0 Å². The number of carbonyl (C=O) groups excluding carboxylic acids is 1. The zero-order valence-corrected chi connectivity index (χ0v) is 6.87. The van der Waals surface area contributed by atoms with Crippen LogP contribution in [0.1, 0.15) is 16.2 Å². The summed E-state index contributed by atoms with van der Waals surface area (Å²) in [6, 6.07) is 1.60. The molecule has 0 aromatic carbocycles. The number of aromatic nitrogens is 2. The van der Waals surface area contributed by atoms with Crippen LogP contribution in [0.4, 0.5) is 0 Å². The van der Waals surface area contributed by atoms with Crippen LogP contribution in [0.3, 0.4) is 0 Å².